The third-order valence-corrected chi connectivity index (χ3v) is 9.22. The van der Waals surface area contributed by atoms with Gasteiger partial charge in [-0.15, -0.1) is 0 Å². The van der Waals surface area contributed by atoms with E-state index in [1.807, 2.05) is 122 Å². The summed E-state index contributed by atoms with van der Waals surface area (Å²) in [6.07, 6.45) is 2.33. The van der Waals surface area contributed by atoms with Gasteiger partial charge in [-0.25, -0.2) is 9.82 Å². The molecule has 222 valence electrons. The normalized spacial score (nSPS) is 11.6. The summed E-state index contributed by atoms with van der Waals surface area (Å²) < 4.78 is 35.4. The van der Waals surface area contributed by atoms with Gasteiger partial charge in [-0.2, -0.15) is 8.42 Å². The van der Waals surface area contributed by atoms with Gasteiger partial charge < -0.3 is 4.74 Å². The third-order valence-electron chi connectivity index (χ3n) is 7.89. The molecule has 2 aliphatic heterocycles. The van der Waals surface area contributed by atoms with Crippen LogP contribution in [-0.4, -0.2) is 18.1 Å². The molecule has 5 aromatic rings. The van der Waals surface area contributed by atoms with Crippen LogP contribution < -0.4 is 9.57 Å². The van der Waals surface area contributed by atoms with Gasteiger partial charge in [0.2, 0.25) is 0 Å². The number of rotatable bonds is 9. The second kappa shape index (κ2) is 11.9. The maximum absolute atomic E-state index is 13.8. The molecule has 6 nitrogen and oxygen atoms in total. The van der Waals surface area contributed by atoms with Crippen LogP contribution in [0.4, 0.5) is 0 Å². The first kappa shape index (κ1) is 28.4. The molecule has 2 aliphatic rings. The van der Waals surface area contributed by atoms with Gasteiger partial charge in [0.25, 0.3) is 10.0 Å². The highest BCUT2D eigenvalue weighted by atomic mass is 32.2. The highest BCUT2D eigenvalue weighted by Gasteiger charge is 2.26. The average molecular weight is 610 g/mol. The molecular weight excluding hydrogens is 579 g/mol. The second-order valence-corrected chi connectivity index (χ2v) is 12.7. The zero-order valence-electron chi connectivity index (χ0n) is 24.7. The average Bonchev–Trinajstić information content (AvgIpc) is 3.42. The van der Waals surface area contributed by atoms with Crippen molar-refractivity contribution >= 4 is 20.9 Å². The number of nitrogens with zero attached hydrogens (tertiary/aromatic N) is 2. The lowest BCUT2D eigenvalue weighted by atomic mass is 9.94. The van der Waals surface area contributed by atoms with Gasteiger partial charge in [0.1, 0.15) is 12.4 Å². The van der Waals surface area contributed by atoms with Crippen LogP contribution in [0.3, 0.4) is 0 Å². The highest BCUT2D eigenvalue weighted by Crippen LogP contribution is 2.42. The summed E-state index contributed by atoms with van der Waals surface area (Å²) in [7, 11) is -3.93. The fourth-order valence-corrected chi connectivity index (χ4v) is 6.63. The van der Waals surface area contributed by atoms with E-state index in [4.69, 9.17) is 9.72 Å². The van der Waals surface area contributed by atoms with E-state index >= 15 is 0 Å². The first-order valence-corrected chi connectivity index (χ1v) is 16.3. The second-order valence-electron chi connectivity index (χ2n) is 11.1. The number of fused-ring (bicyclic) bond motifs is 3. The van der Waals surface area contributed by atoms with Crippen molar-refractivity contribution in [3.05, 3.63) is 162 Å². The maximum atomic E-state index is 13.8. The van der Waals surface area contributed by atoms with Gasteiger partial charge in [-0.05, 0) is 53.9 Å². The molecule has 5 aromatic carbocycles. The number of benzene rings is 5. The molecule has 0 spiro atoms. The number of hydrogen-bond donors (Lipinski definition) is 1. The summed E-state index contributed by atoms with van der Waals surface area (Å²) in [5, 5.41) is 0.877. The molecule has 0 amide bonds. The van der Waals surface area contributed by atoms with Crippen molar-refractivity contribution in [3.63, 3.8) is 0 Å². The summed E-state index contributed by atoms with van der Waals surface area (Å²) in [5.41, 5.74) is 8.11. The minimum atomic E-state index is -3.93. The molecule has 0 aliphatic carbocycles. The first-order chi connectivity index (χ1) is 21.9. The lowest BCUT2D eigenvalue weighted by molar-refractivity contribution is 0.306. The van der Waals surface area contributed by atoms with E-state index in [1.165, 1.54) is 0 Å². The lowest BCUT2D eigenvalue weighted by Gasteiger charge is -2.23. The SMILES string of the molecule is Cc1ccc(S(=O)(=O)Nn2cc3c4cc(OCc5ccccc5)ccc4nc-3c(-c3ccccc3)c2Cc2ccccc2)cc1. The van der Waals surface area contributed by atoms with Crippen LogP contribution in [0.2, 0.25) is 0 Å². The van der Waals surface area contributed by atoms with E-state index in [9.17, 15) is 8.42 Å². The van der Waals surface area contributed by atoms with E-state index in [0.717, 1.165) is 55.7 Å². The Bertz CT molecular complexity index is 2160. The Morgan fingerprint density at radius 2 is 1.40 bits per heavy atom. The number of sulfonamides is 1. The van der Waals surface area contributed by atoms with Crippen molar-refractivity contribution < 1.29 is 13.2 Å². The maximum Gasteiger partial charge on any atom is 0.275 e. The van der Waals surface area contributed by atoms with Crippen molar-refractivity contribution in [2.45, 2.75) is 24.8 Å². The lowest BCUT2D eigenvalue weighted by Crippen LogP contribution is -2.27. The van der Waals surface area contributed by atoms with Crippen LogP contribution in [0.25, 0.3) is 33.3 Å². The predicted molar refractivity (Wildman–Crippen MR) is 180 cm³/mol. The molecule has 0 fully saturated rings. The molecule has 2 heterocycles. The monoisotopic (exact) mass is 609 g/mol. The molecule has 0 bridgehead atoms. The Morgan fingerprint density at radius 3 is 2.09 bits per heavy atom. The molecule has 0 unspecified atom stereocenters. The molecule has 0 atom stereocenters. The highest BCUT2D eigenvalue weighted by molar-refractivity contribution is 7.92. The summed E-state index contributed by atoms with van der Waals surface area (Å²) in [6.45, 7) is 2.37. The van der Waals surface area contributed by atoms with Crippen molar-refractivity contribution in [2.75, 3.05) is 4.83 Å². The van der Waals surface area contributed by atoms with E-state index < -0.39 is 10.0 Å². The molecule has 0 radical (unpaired) electrons. The quantitative estimate of drug-likeness (QED) is 0.179. The molecule has 0 saturated carbocycles. The molecule has 0 aromatic heterocycles. The predicted octanol–water partition coefficient (Wildman–Crippen LogP) is 8.22. The van der Waals surface area contributed by atoms with Crippen LogP contribution >= 0.6 is 0 Å². The van der Waals surface area contributed by atoms with Crippen LogP contribution in [0.15, 0.2) is 145 Å². The summed E-state index contributed by atoms with van der Waals surface area (Å²) in [6, 6.07) is 42.8. The van der Waals surface area contributed by atoms with Gasteiger partial charge in [-0.3, -0.25) is 4.68 Å². The Balaban J connectivity index is 1.43. The first-order valence-electron chi connectivity index (χ1n) is 14.8. The molecule has 7 rings (SSSR count). The number of pyridine rings is 1. The van der Waals surface area contributed by atoms with E-state index in [2.05, 4.69) is 4.83 Å². The minimum Gasteiger partial charge on any atom is -0.489 e. The van der Waals surface area contributed by atoms with Crippen molar-refractivity contribution in [1.29, 1.82) is 0 Å². The summed E-state index contributed by atoms with van der Waals surface area (Å²) in [5.74, 6) is 0.710. The number of aromatic nitrogens is 2. The third kappa shape index (κ3) is 5.90. The Kier molecular flexibility index (Phi) is 7.53. The van der Waals surface area contributed by atoms with Crippen molar-refractivity contribution in [1.82, 2.24) is 9.66 Å². The van der Waals surface area contributed by atoms with E-state index in [-0.39, 0.29) is 4.90 Å². The largest absolute Gasteiger partial charge is 0.489 e. The fourth-order valence-electron chi connectivity index (χ4n) is 5.60. The van der Waals surface area contributed by atoms with Gasteiger partial charge in [0, 0.05) is 29.1 Å². The van der Waals surface area contributed by atoms with Crippen LogP contribution in [0.5, 0.6) is 5.75 Å². The fraction of sp³-hybridized carbons (Fsp3) is 0.0789. The standard InChI is InChI=1S/C38H31N3O3S/c1-27-17-20-32(21-18-27)45(42,43)40-41-25-34-33-24-31(44-26-29-13-7-3-8-14-29)19-22-35(33)39-38(34)37(30-15-9-4-10-16-30)36(41)23-28-11-5-2-6-12-28/h2-22,24-25,40H,23,26H2,1H3. The van der Waals surface area contributed by atoms with Gasteiger partial charge in [-0.1, -0.05) is 109 Å². The Hall–Kier alpha value is -5.40. The molecule has 0 saturated heterocycles. The smallest absolute Gasteiger partial charge is 0.275 e. The van der Waals surface area contributed by atoms with Crippen molar-refractivity contribution in [2.24, 2.45) is 0 Å². The van der Waals surface area contributed by atoms with E-state index in [1.54, 1.807) is 28.9 Å². The number of nitrogens with one attached hydrogen (secondary N) is 1. The minimum absolute atomic E-state index is 0.190. The van der Waals surface area contributed by atoms with Crippen LogP contribution in [0.1, 0.15) is 22.4 Å². The van der Waals surface area contributed by atoms with Crippen molar-refractivity contribution in [3.8, 4) is 28.1 Å². The zero-order valence-corrected chi connectivity index (χ0v) is 25.5. The molecular formula is C38H31N3O3S. The van der Waals surface area contributed by atoms with Gasteiger partial charge >= 0.3 is 0 Å². The number of aryl methyl sites for hydroxylation is 1. The molecule has 7 heteroatoms. The summed E-state index contributed by atoms with van der Waals surface area (Å²) in [4.78, 5) is 8.19. The molecule has 45 heavy (non-hydrogen) atoms. The van der Waals surface area contributed by atoms with Crippen LogP contribution in [0, 0.1) is 6.92 Å². The Morgan fingerprint density at radius 1 is 0.756 bits per heavy atom. The topological polar surface area (TPSA) is 73.2 Å². The number of hydrogen-bond acceptors (Lipinski definition) is 4. The molecule has 1 N–H and O–H groups in total. The van der Waals surface area contributed by atoms with Gasteiger partial charge in [0.05, 0.1) is 21.8 Å². The van der Waals surface area contributed by atoms with E-state index in [0.29, 0.717) is 18.8 Å². The zero-order chi connectivity index (χ0) is 30.8. The number of ether oxygens (including phenoxy) is 1. The van der Waals surface area contributed by atoms with Crippen LogP contribution in [-0.2, 0) is 23.1 Å². The summed E-state index contributed by atoms with van der Waals surface area (Å²) >= 11 is 0. The Labute approximate surface area is 263 Å². The van der Waals surface area contributed by atoms with Gasteiger partial charge in [0.15, 0.2) is 0 Å².